The van der Waals surface area contributed by atoms with Crippen LogP contribution in [0.25, 0.3) is 0 Å². The van der Waals surface area contributed by atoms with Gasteiger partial charge >= 0.3 is 5.97 Å². The Hall–Kier alpha value is -0.870. The molecule has 0 aliphatic heterocycles. The van der Waals surface area contributed by atoms with Crippen molar-refractivity contribution >= 4 is 17.3 Å². The lowest BCUT2D eigenvalue weighted by Crippen LogP contribution is -2.41. The van der Waals surface area contributed by atoms with E-state index in [2.05, 4.69) is 0 Å². The molecule has 0 bridgehead atoms. The number of esters is 1. The van der Waals surface area contributed by atoms with Gasteiger partial charge in [0.05, 0.1) is 6.61 Å². The van der Waals surface area contributed by atoms with Crippen LogP contribution in [0.5, 0.6) is 0 Å². The van der Waals surface area contributed by atoms with Crippen LogP contribution >= 0.6 is 11.3 Å². The molecular formula is C12H18O3S. The third-order valence-corrected chi connectivity index (χ3v) is 3.90. The SMILES string of the molecule is CCOC(=O)C(C)(O)C(C)c1ccc(C)s1. The highest BCUT2D eigenvalue weighted by Crippen LogP contribution is 2.33. The maximum absolute atomic E-state index is 11.6. The first-order valence-electron chi connectivity index (χ1n) is 5.35. The minimum absolute atomic E-state index is 0.259. The van der Waals surface area contributed by atoms with Gasteiger partial charge in [0.15, 0.2) is 5.60 Å². The number of aliphatic hydroxyl groups is 1. The van der Waals surface area contributed by atoms with Gasteiger partial charge in [-0.25, -0.2) is 4.79 Å². The average molecular weight is 242 g/mol. The fourth-order valence-electron chi connectivity index (χ4n) is 1.42. The van der Waals surface area contributed by atoms with Crippen LogP contribution in [0.4, 0.5) is 0 Å². The number of hydrogen-bond donors (Lipinski definition) is 1. The van der Waals surface area contributed by atoms with Gasteiger partial charge in [0.25, 0.3) is 0 Å². The van der Waals surface area contributed by atoms with Crippen LogP contribution in [0.3, 0.4) is 0 Å². The highest BCUT2D eigenvalue weighted by molar-refractivity contribution is 7.12. The first-order chi connectivity index (χ1) is 7.39. The van der Waals surface area contributed by atoms with E-state index >= 15 is 0 Å². The lowest BCUT2D eigenvalue weighted by molar-refractivity contribution is -0.165. The summed E-state index contributed by atoms with van der Waals surface area (Å²) in [6, 6.07) is 3.93. The molecule has 0 amide bonds. The summed E-state index contributed by atoms with van der Waals surface area (Å²) in [7, 11) is 0. The summed E-state index contributed by atoms with van der Waals surface area (Å²) in [6.07, 6.45) is 0. The van der Waals surface area contributed by atoms with Crippen molar-refractivity contribution in [2.24, 2.45) is 0 Å². The lowest BCUT2D eigenvalue weighted by Gasteiger charge is -2.27. The fourth-order valence-corrected chi connectivity index (χ4v) is 2.47. The van der Waals surface area contributed by atoms with Crippen molar-refractivity contribution in [1.82, 2.24) is 0 Å². The third kappa shape index (κ3) is 2.62. The topological polar surface area (TPSA) is 46.5 Å². The van der Waals surface area contributed by atoms with Crippen molar-refractivity contribution in [3.05, 3.63) is 21.9 Å². The van der Waals surface area contributed by atoms with Crippen molar-refractivity contribution in [3.63, 3.8) is 0 Å². The zero-order valence-electron chi connectivity index (χ0n) is 10.1. The van der Waals surface area contributed by atoms with Crippen molar-refractivity contribution in [2.75, 3.05) is 6.61 Å². The third-order valence-electron chi connectivity index (χ3n) is 2.72. The second-order valence-electron chi connectivity index (χ2n) is 4.04. The maximum Gasteiger partial charge on any atom is 0.338 e. The molecule has 2 unspecified atom stereocenters. The highest BCUT2D eigenvalue weighted by atomic mass is 32.1. The predicted octanol–water partition coefficient (Wildman–Crippen LogP) is 2.47. The van der Waals surface area contributed by atoms with Crippen LogP contribution in [0.2, 0.25) is 0 Å². The van der Waals surface area contributed by atoms with E-state index in [4.69, 9.17) is 4.74 Å². The number of rotatable bonds is 4. The molecule has 0 saturated heterocycles. The molecule has 1 heterocycles. The summed E-state index contributed by atoms with van der Waals surface area (Å²) >= 11 is 1.59. The molecule has 1 aromatic rings. The van der Waals surface area contributed by atoms with Gasteiger partial charge in [-0.1, -0.05) is 6.92 Å². The first kappa shape index (κ1) is 13.2. The fraction of sp³-hybridized carbons (Fsp3) is 0.583. The summed E-state index contributed by atoms with van der Waals surface area (Å²) in [4.78, 5) is 13.8. The van der Waals surface area contributed by atoms with E-state index in [0.717, 1.165) is 4.88 Å². The van der Waals surface area contributed by atoms with Crippen molar-refractivity contribution in [2.45, 2.75) is 39.2 Å². The second kappa shape index (κ2) is 4.97. The molecule has 4 heteroatoms. The quantitative estimate of drug-likeness (QED) is 0.825. The molecule has 0 aromatic carbocycles. The molecule has 90 valence electrons. The van der Waals surface area contributed by atoms with E-state index in [1.165, 1.54) is 11.8 Å². The van der Waals surface area contributed by atoms with E-state index in [9.17, 15) is 9.90 Å². The van der Waals surface area contributed by atoms with E-state index in [-0.39, 0.29) is 12.5 Å². The van der Waals surface area contributed by atoms with Gasteiger partial charge in [-0.2, -0.15) is 0 Å². The Balaban J connectivity index is 2.87. The highest BCUT2D eigenvalue weighted by Gasteiger charge is 2.39. The van der Waals surface area contributed by atoms with Gasteiger partial charge < -0.3 is 9.84 Å². The van der Waals surface area contributed by atoms with Crippen LogP contribution in [-0.4, -0.2) is 23.3 Å². The summed E-state index contributed by atoms with van der Waals surface area (Å²) in [5.74, 6) is -0.821. The molecule has 2 atom stereocenters. The molecule has 0 aliphatic rings. The molecule has 1 N–H and O–H groups in total. The number of thiophene rings is 1. The Bertz CT molecular complexity index is 368. The molecule has 16 heavy (non-hydrogen) atoms. The molecular weight excluding hydrogens is 224 g/mol. The first-order valence-corrected chi connectivity index (χ1v) is 6.17. The Morgan fingerprint density at radius 3 is 2.69 bits per heavy atom. The lowest BCUT2D eigenvalue weighted by atomic mass is 9.89. The molecule has 0 spiro atoms. The van der Waals surface area contributed by atoms with Gasteiger partial charge in [-0.3, -0.25) is 0 Å². The van der Waals surface area contributed by atoms with Crippen molar-refractivity contribution in [1.29, 1.82) is 0 Å². The second-order valence-corrected chi connectivity index (χ2v) is 5.36. The Morgan fingerprint density at radius 2 is 2.25 bits per heavy atom. The smallest absolute Gasteiger partial charge is 0.338 e. The van der Waals surface area contributed by atoms with Crippen LogP contribution in [0, 0.1) is 6.92 Å². The minimum Gasteiger partial charge on any atom is -0.464 e. The van der Waals surface area contributed by atoms with Gasteiger partial charge in [-0.05, 0) is 32.9 Å². The van der Waals surface area contributed by atoms with Gasteiger partial charge in [-0.15, -0.1) is 11.3 Å². The molecule has 1 rings (SSSR count). The van der Waals surface area contributed by atoms with E-state index in [1.54, 1.807) is 18.3 Å². The van der Waals surface area contributed by atoms with E-state index < -0.39 is 11.6 Å². The minimum atomic E-state index is -1.46. The number of aryl methyl sites for hydroxylation is 1. The zero-order valence-corrected chi connectivity index (χ0v) is 10.9. The Morgan fingerprint density at radius 1 is 1.62 bits per heavy atom. The Kier molecular flexibility index (Phi) is 4.10. The van der Waals surface area contributed by atoms with Crippen LogP contribution in [0.1, 0.15) is 36.4 Å². The molecule has 3 nitrogen and oxygen atoms in total. The normalized spacial score (nSPS) is 16.6. The largest absolute Gasteiger partial charge is 0.464 e. The standard InChI is InChI=1S/C12H18O3S/c1-5-15-11(13)12(4,14)9(3)10-7-6-8(2)16-10/h6-7,9,14H,5H2,1-4H3. The summed E-state index contributed by atoms with van der Waals surface area (Å²) < 4.78 is 4.87. The number of carbonyl (C=O) groups is 1. The number of carbonyl (C=O) groups excluding carboxylic acids is 1. The van der Waals surface area contributed by atoms with Gasteiger partial charge in [0.1, 0.15) is 0 Å². The zero-order chi connectivity index (χ0) is 12.3. The van der Waals surface area contributed by atoms with E-state index in [0.29, 0.717) is 0 Å². The average Bonchev–Trinajstić information content (AvgIpc) is 2.64. The number of hydrogen-bond acceptors (Lipinski definition) is 4. The number of ether oxygens (including phenoxy) is 1. The van der Waals surface area contributed by atoms with Crippen LogP contribution < -0.4 is 0 Å². The van der Waals surface area contributed by atoms with Crippen molar-refractivity contribution in [3.8, 4) is 0 Å². The van der Waals surface area contributed by atoms with Crippen LogP contribution in [0.15, 0.2) is 12.1 Å². The van der Waals surface area contributed by atoms with Crippen LogP contribution in [-0.2, 0) is 9.53 Å². The Labute approximate surface area is 100 Å². The molecule has 0 radical (unpaired) electrons. The monoisotopic (exact) mass is 242 g/mol. The predicted molar refractivity (Wildman–Crippen MR) is 64.7 cm³/mol. The molecule has 1 aromatic heterocycles. The summed E-state index contributed by atoms with van der Waals surface area (Å²) in [6.45, 7) is 7.35. The molecule has 0 aliphatic carbocycles. The van der Waals surface area contributed by atoms with Crippen molar-refractivity contribution < 1.29 is 14.6 Å². The van der Waals surface area contributed by atoms with Gasteiger partial charge in [0.2, 0.25) is 0 Å². The van der Waals surface area contributed by atoms with E-state index in [1.807, 2.05) is 26.0 Å². The summed E-state index contributed by atoms with van der Waals surface area (Å²) in [5.41, 5.74) is -1.46. The molecule has 0 fully saturated rings. The summed E-state index contributed by atoms with van der Waals surface area (Å²) in [5, 5.41) is 10.2. The van der Waals surface area contributed by atoms with Gasteiger partial charge in [0, 0.05) is 15.7 Å². The maximum atomic E-state index is 11.6. The molecule has 0 saturated carbocycles.